The monoisotopic (exact) mass is 265 g/mol. The van der Waals surface area contributed by atoms with Crippen LogP contribution in [0.1, 0.15) is 5.56 Å². The molecule has 1 amide bonds. The van der Waals surface area contributed by atoms with Crippen LogP contribution in [0, 0.1) is 0 Å². The number of hydrogen-bond acceptors (Lipinski definition) is 4. The molecule has 1 heterocycles. The maximum Gasteiger partial charge on any atom is 0.410 e. The third-order valence-electron chi connectivity index (χ3n) is 2.81. The summed E-state index contributed by atoms with van der Waals surface area (Å²) in [7, 11) is 0. The lowest BCUT2D eigenvalue weighted by Gasteiger charge is -2.30. The first-order valence-corrected chi connectivity index (χ1v) is 5.97. The Morgan fingerprint density at radius 1 is 1.37 bits per heavy atom. The highest BCUT2D eigenvalue weighted by Gasteiger charge is 2.29. The normalized spacial score (nSPS) is 18.9. The van der Waals surface area contributed by atoms with Gasteiger partial charge in [-0.1, -0.05) is 30.3 Å². The van der Waals surface area contributed by atoms with Crippen molar-refractivity contribution in [2.75, 3.05) is 19.7 Å². The Morgan fingerprint density at radius 2 is 2.11 bits per heavy atom. The average Bonchev–Trinajstić information content (AvgIpc) is 2.46. The molecule has 102 valence electrons. The van der Waals surface area contributed by atoms with Crippen LogP contribution in [-0.2, 0) is 20.9 Å². The zero-order valence-corrected chi connectivity index (χ0v) is 10.3. The summed E-state index contributed by atoms with van der Waals surface area (Å²) in [5, 5.41) is 8.84. The van der Waals surface area contributed by atoms with Crippen molar-refractivity contribution in [1.82, 2.24) is 4.90 Å². The van der Waals surface area contributed by atoms with E-state index in [0.717, 1.165) is 5.56 Å². The SMILES string of the molecule is O=C(O)C1CN(C(=O)OCc2ccccc2)CCO1. The van der Waals surface area contributed by atoms with Gasteiger partial charge in [0.05, 0.1) is 13.2 Å². The van der Waals surface area contributed by atoms with Crippen LogP contribution >= 0.6 is 0 Å². The maximum absolute atomic E-state index is 11.8. The zero-order chi connectivity index (χ0) is 13.7. The van der Waals surface area contributed by atoms with Crippen molar-refractivity contribution < 1.29 is 24.2 Å². The molecule has 0 spiro atoms. The van der Waals surface area contributed by atoms with Gasteiger partial charge in [0.25, 0.3) is 0 Å². The molecule has 1 aromatic rings. The molecule has 0 bridgehead atoms. The van der Waals surface area contributed by atoms with Crippen LogP contribution in [-0.4, -0.2) is 47.9 Å². The number of rotatable bonds is 3. The Kier molecular flexibility index (Phi) is 4.35. The minimum atomic E-state index is -1.07. The molecule has 1 atom stereocenters. The van der Waals surface area contributed by atoms with Crippen LogP contribution in [0.3, 0.4) is 0 Å². The number of hydrogen-bond donors (Lipinski definition) is 1. The van der Waals surface area contributed by atoms with Gasteiger partial charge in [-0.15, -0.1) is 0 Å². The summed E-state index contributed by atoms with van der Waals surface area (Å²) in [6.07, 6.45) is -1.49. The Morgan fingerprint density at radius 3 is 2.79 bits per heavy atom. The molecule has 0 aliphatic carbocycles. The van der Waals surface area contributed by atoms with Crippen LogP contribution in [0.4, 0.5) is 4.79 Å². The van der Waals surface area contributed by atoms with E-state index in [1.54, 1.807) is 0 Å². The number of nitrogens with zero attached hydrogens (tertiary/aromatic N) is 1. The molecule has 6 heteroatoms. The smallest absolute Gasteiger partial charge is 0.410 e. The van der Waals surface area contributed by atoms with Crippen LogP contribution in [0.2, 0.25) is 0 Å². The van der Waals surface area contributed by atoms with Crippen LogP contribution in [0.5, 0.6) is 0 Å². The fraction of sp³-hybridized carbons (Fsp3) is 0.385. The fourth-order valence-electron chi connectivity index (χ4n) is 1.78. The van der Waals surface area contributed by atoms with Crippen LogP contribution in [0.15, 0.2) is 30.3 Å². The molecule has 1 aliphatic heterocycles. The van der Waals surface area contributed by atoms with Crippen molar-refractivity contribution >= 4 is 12.1 Å². The first-order chi connectivity index (χ1) is 9.16. The summed E-state index contributed by atoms with van der Waals surface area (Å²) in [4.78, 5) is 23.9. The molecule has 1 unspecified atom stereocenters. The second-order valence-corrected chi connectivity index (χ2v) is 4.18. The lowest BCUT2D eigenvalue weighted by atomic mass is 10.2. The summed E-state index contributed by atoms with van der Waals surface area (Å²) < 4.78 is 10.2. The molecule has 6 nitrogen and oxygen atoms in total. The maximum atomic E-state index is 11.8. The Labute approximate surface area is 110 Å². The first kappa shape index (κ1) is 13.4. The molecule has 1 fully saturated rings. The van der Waals surface area contributed by atoms with E-state index in [0.29, 0.717) is 6.54 Å². The summed E-state index contributed by atoms with van der Waals surface area (Å²) in [5.41, 5.74) is 0.888. The number of carboxylic acids is 1. The predicted octanol–water partition coefficient (Wildman–Crippen LogP) is 1.11. The molecule has 1 aromatic carbocycles. The molecular formula is C13H15NO5. The highest BCUT2D eigenvalue weighted by Crippen LogP contribution is 2.09. The van der Waals surface area contributed by atoms with Gasteiger partial charge in [0.2, 0.25) is 0 Å². The molecule has 0 radical (unpaired) electrons. The first-order valence-electron chi connectivity index (χ1n) is 5.97. The Bertz CT molecular complexity index is 448. The largest absolute Gasteiger partial charge is 0.479 e. The van der Waals surface area contributed by atoms with E-state index < -0.39 is 18.2 Å². The third-order valence-corrected chi connectivity index (χ3v) is 2.81. The molecule has 1 saturated heterocycles. The van der Waals surface area contributed by atoms with E-state index in [9.17, 15) is 9.59 Å². The van der Waals surface area contributed by atoms with E-state index in [1.165, 1.54) is 4.90 Å². The van der Waals surface area contributed by atoms with Crippen molar-refractivity contribution in [3.8, 4) is 0 Å². The van der Waals surface area contributed by atoms with Gasteiger partial charge in [0, 0.05) is 6.54 Å². The number of amides is 1. The molecule has 0 aromatic heterocycles. The molecular weight excluding hydrogens is 250 g/mol. The Balaban J connectivity index is 1.84. The van der Waals surface area contributed by atoms with Gasteiger partial charge in [-0.05, 0) is 5.56 Å². The number of ether oxygens (including phenoxy) is 2. The van der Waals surface area contributed by atoms with Crippen molar-refractivity contribution in [3.63, 3.8) is 0 Å². The number of carbonyl (C=O) groups excluding carboxylic acids is 1. The quantitative estimate of drug-likeness (QED) is 0.886. The van der Waals surface area contributed by atoms with E-state index in [2.05, 4.69) is 0 Å². The number of benzene rings is 1. The predicted molar refractivity (Wildman–Crippen MR) is 65.6 cm³/mol. The lowest BCUT2D eigenvalue weighted by molar-refractivity contribution is -0.155. The molecule has 19 heavy (non-hydrogen) atoms. The van der Waals surface area contributed by atoms with E-state index in [4.69, 9.17) is 14.6 Å². The van der Waals surface area contributed by atoms with Crippen LogP contribution in [0.25, 0.3) is 0 Å². The van der Waals surface area contributed by atoms with Crippen molar-refractivity contribution in [1.29, 1.82) is 0 Å². The van der Waals surface area contributed by atoms with E-state index >= 15 is 0 Å². The summed E-state index contributed by atoms with van der Waals surface area (Å²) in [6, 6.07) is 9.31. The average molecular weight is 265 g/mol. The van der Waals surface area contributed by atoms with E-state index in [-0.39, 0.29) is 19.8 Å². The van der Waals surface area contributed by atoms with Gasteiger partial charge < -0.3 is 19.5 Å². The molecule has 1 N–H and O–H groups in total. The molecule has 1 aliphatic rings. The summed E-state index contributed by atoms with van der Waals surface area (Å²) in [5.74, 6) is -1.07. The third kappa shape index (κ3) is 3.69. The highest BCUT2D eigenvalue weighted by molar-refractivity contribution is 5.74. The minimum absolute atomic E-state index is 0.0168. The molecule has 2 rings (SSSR count). The van der Waals surface area contributed by atoms with Crippen molar-refractivity contribution in [2.45, 2.75) is 12.7 Å². The number of carboxylic acid groups (broad SMARTS) is 1. The Hall–Kier alpha value is -2.08. The van der Waals surface area contributed by atoms with Crippen molar-refractivity contribution in [3.05, 3.63) is 35.9 Å². The number of carbonyl (C=O) groups is 2. The number of aliphatic carboxylic acids is 1. The lowest BCUT2D eigenvalue weighted by Crippen LogP contribution is -2.48. The molecule has 0 saturated carbocycles. The van der Waals surface area contributed by atoms with Gasteiger partial charge in [0.15, 0.2) is 6.10 Å². The second kappa shape index (κ2) is 6.19. The zero-order valence-electron chi connectivity index (χ0n) is 10.3. The van der Waals surface area contributed by atoms with Gasteiger partial charge in [-0.25, -0.2) is 9.59 Å². The minimum Gasteiger partial charge on any atom is -0.479 e. The summed E-state index contributed by atoms with van der Waals surface area (Å²) in [6.45, 7) is 0.743. The van der Waals surface area contributed by atoms with Gasteiger partial charge >= 0.3 is 12.1 Å². The van der Waals surface area contributed by atoms with Gasteiger partial charge in [-0.2, -0.15) is 0 Å². The summed E-state index contributed by atoms with van der Waals surface area (Å²) >= 11 is 0. The second-order valence-electron chi connectivity index (χ2n) is 4.18. The van der Waals surface area contributed by atoms with Crippen molar-refractivity contribution in [2.24, 2.45) is 0 Å². The van der Waals surface area contributed by atoms with Gasteiger partial charge in [0.1, 0.15) is 6.61 Å². The van der Waals surface area contributed by atoms with E-state index in [1.807, 2.05) is 30.3 Å². The standard InChI is InChI=1S/C13H15NO5/c15-12(16)11-8-14(6-7-18-11)13(17)19-9-10-4-2-1-3-5-10/h1-5,11H,6-9H2,(H,15,16). The van der Waals surface area contributed by atoms with Gasteiger partial charge in [-0.3, -0.25) is 0 Å². The highest BCUT2D eigenvalue weighted by atomic mass is 16.6. The topological polar surface area (TPSA) is 76.1 Å². The van der Waals surface area contributed by atoms with Crippen LogP contribution < -0.4 is 0 Å². The number of morpholine rings is 1. The fourth-order valence-corrected chi connectivity index (χ4v) is 1.78.